The number of benzene rings is 2. The lowest BCUT2D eigenvalue weighted by Crippen LogP contribution is -3.12. The molecule has 35 heavy (non-hydrogen) atoms. The Morgan fingerprint density at radius 2 is 1.80 bits per heavy atom. The third-order valence-corrected chi connectivity index (χ3v) is 6.62. The molecule has 0 saturated carbocycles. The predicted molar refractivity (Wildman–Crippen MR) is 128 cm³/mol. The Bertz CT molecular complexity index is 1260. The fourth-order valence-electron chi connectivity index (χ4n) is 4.56. The van der Waals surface area contributed by atoms with E-state index < -0.39 is 23.5 Å². The van der Waals surface area contributed by atoms with E-state index in [1.807, 2.05) is 0 Å². The van der Waals surface area contributed by atoms with Crippen LogP contribution in [0.15, 0.2) is 64.3 Å². The van der Waals surface area contributed by atoms with Gasteiger partial charge in [-0.1, -0.05) is 24.3 Å². The van der Waals surface area contributed by atoms with E-state index in [0.717, 1.165) is 13.1 Å². The summed E-state index contributed by atoms with van der Waals surface area (Å²) < 4.78 is 16.4. The lowest BCUT2D eigenvalue weighted by molar-refractivity contribution is -0.895. The van der Waals surface area contributed by atoms with Crippen molar-refractivity contribution in [3.63, 3.8) is 0 Å². The summed E-state index contributed by atoms with van der Waals surface area (Å²) in [6.45, 7) is 6.97. The first-order valence-electron chi connectivity index (χ1n) is 11.7. The lowest BCUT2D eigenvalue weighted by Gasteiger charge is -2.29. The molecule has 8 nitrogen and oxygen atoms in total. The molecule has 184 valence electrons. The van der Waals surface area contributed by atoms with Crippen molar-refractivity contribution in [1.82, 2.24) is 4.90 Å². The molecule has 1 atom stereocenters. The number of Topliss-reactive ketones (excluding diaryl/α,β-unsaturated/α-hetero) is 1. The Morgan fingerprint density at radius 1 is 1.09 bits per heavy atom. The first kappa shape index (κ1) is 24.3. The van der Waals surface area contributed by atoms with Crippen LogP contribution in [0.25, 0.3) is 11.0 Å². The monoisotopic (exact) mass is 478 g/mol. The van der Waals surface area contributed by atoms with Gasteiger partial charge in [-0.25, -0.2) is 0 Å². The summed E-state index contributed by atoms with van der Waals surface area (Å²) in [4.78, 5) is 29.6. The molecule has 1 aromatic heterocycles. The average molecular weight is 479 g/mol. The number of likely N-dealkylation sites (N-methyl/N-ethyl adjacent to an activating group) is 1. The number of ketones is 1. The molecule has 1 N–H and O–H groups in total. The SMILES string of the molecule is CC[NH+](CC)CCN1C(=O)C([O-])=C(C(=O)c2cc3cccc(OC)c3o2)C1c1ccc(OC)cc1. The zero-order valence-corrected chi connectivity index (χ0v) is 20.4. The number of para-hydroxylation sites is 1. The lowest BCUT2D eigenvalue weighted by atomic mass is 9.95. The van der Waals surface area contributed by atoms with Crippen LogP contribution in [0, 0.1) is 0 Å². The number of hydrogen-bond donors (Lipinski definition) is 1. The summed E-state index contributed by atoms with van der Waals surface area (Å²) in [5.41, 5.74) is 0.975. The van der Waals surface area contributed by atoms with Crippen LogP contribution in [0.5, 0.6) is 11.5 Å². The van der Waals surface area contributed by atoms with E-state index in [-0.39, 0.29) is 11.3 Å². The first-order valence-corrected chi connectivity index (χ1v) is 11.7. The molecule has 4 rings (SSSR count). The van der Waals surface area contributed by atoms with E-state index in [2.05, 4.69) is 13.8 Å². The first-order chi connectivity index (χ1) is 16.9. The highest BCUT2D eigenvalue weighted by Gasteiger charge is 2.40. The molecule has 8 heteroatoms. The van der Waals surface area contributed by atoms with Gasteiger partial charge in [0, 0.05) is 11.0 Å². The zero-order valence-electron chi connectivity index (χ0n) is 20.4. The molecule has 1 amide bonds. The fraction of sp³-hybridized carbons (Fsp3) is 0.333. The molecular weight excluding hydrogens is 448 g/mol. The van der Waals surface area contributed by atoms with Crippen molar-refractivity contribution in [2.75, 3.05) is 40.4 Å². The third-order valence-electron chi connectivity index (χ3n) is 6.62. The van der Waals surface area contributed by atoms with E-state index in [4.69, 9.17) is 13.9 Å². The van der Waals surface area contributed by atoms with Gasteiger partial charge < -0.3 is 28.8 Å². The van der Waals surface area contributed by atoms with Gasteiger partial charge in [0.25, 0.3) is 0 Å². The summed E-state index contributed by atoms with van der Waals surface area (Å²) in [6.07, 6.45) is 0. The highest BCUT2D eigenvalue weighted by Crippen LogP contribution is 2.39. The summed E-state index contributed by atoms with van der Waals surface area (Å²) in [5.74, 6) is -0.945. The molecule has 0 fully saturated rings. The molecule has 0 aliphatic carbocycles. The summed E-state index contributed by atoms with van der Waals surface area (Å²) >= 11 is 0. The molecule has 2 heterocycles. The van der Waals surface area contributed by atoms with Crippen molar-refractivity contribution >= 4 is 22.7 Å². The number of nitrogens with one attached hydrogen (secondary N) is 1. The van der Waals surface area contributed by atoms with Gasteiger partial charge in [-0.3, -0.25) is 9.59 Å². The van der Waals surface area contributed by atoms with Crippen LogP contribution in [0.4, 0.5) is 0 Å². The van der Waals surface area contributed by atoms with Crippen molar-refractivity contribution < 1.29 is 33.5 Å². The van der Waals surface area contributed by atoms with E-state index in [1.165, 1.54) is 16.9 Å². The van der Waals surface area contributed by atoms with Crippen molar-refractivity contribution in [3.05, 3.63) is 71.2 Å². The number of methoxy groups -OCH3 is 2. The Hall–Kier alpha value is -3.78. The van der Waals surface area contributed by atoms with Gasteiger partial charge in [0.05, 0.1) is 46.4 Å². The number of ether oxygens (including phenoxy) is 2. The average Bonchev–Trinajstić information content (AvgIpc) is 3.44. The molecule has 0 saturated heterocycles. The topological polar surface area (TPSA) is 96.5 Å². The molecule has 0 spiro atoms. The molecule has 1 unspecified atom stereocenters. The Kier molecular flexibility index (Phi) is 7.12. The summed E-state index contributed by atoms with van der Waals surface area (Å²) in [7, 11) is 3.08. The molecule has 0 bridgehead atoms. The maximum absolute atomic E-state index is 13.7. The maximum Gasteiger partial charge on any atom is 0.240 e. The number of quaternary nitrogens is 1. The minimum Gasteiger partial charge on any atom is -0.868 e. The fourth-order valence-corrected chi connectivity index (χ4v) is 4.56. The van der Waals surface area contributed by atoms with Crippen LogP contribution in [0.1, 0.15) is 36.0 Å². The van der Waals surface area contributed by atoms with Gasteiger partial charge in [-0.05, 0) is 49.4 Å². The highest BCUT2D eigenvalue weighted by atomic mass is 16.5. The second-order valence-corrected chi connectivity index (χ2v) is 8.44. The number of hydrogen-bond acceptors (Lipinski definition) is 6. The van der Waals surface area contributed by atoms with Gasteiger partial charge in [0.15, 0.2) is 17.1 Å². The molecular formula is C27H30N2O6. The van der Waals surface area contributed by atoms with Crippen LogP contribution in [-0.2, 0) is 4.79 Å². The number of furan rings is 1. The Labute approximate surface area is 204 Å². The molecule has 0 radical (unpaired) electrons. The number of carbonyl (C=O) groups is 2. The largest absolute Gasteiger partial charge is 0.868 e. The van der Waals surface area contributed by atoms with Gasteiger partial charge in [0.1, 0.15) is 5.75 Å². The van der Waals surface area contributed by atoms with Crippen LogP contribution in [-0.4, -0.2) is 57.0 Å². The summed E-state index contributed by atoms with van der Waals surface area (Å²) in [5, 5.41) is 13.9. The number of carbonyl (C=O) groups excluding carboxylic acids is 2. The number of nitrogens with zero attached hydrogens (tertiary/aromatic N) is 1. The van der Waals surface area contributed by atoms with Crippen molar-refractivity contribution in [1.29, 1.82) is 0 Å². The highest BCUT2D eigenvalue weighted by molar-refractivity contribution is 6.16. The minimum atomic E-state index is -0.807. The quantitative estimate of drug-likeness (QED) is 0.446. The second kappa shape index (κ2) is 10.2. The second-order valence-electron chi connectivity index (χ2n) is 8.44. The van der Waals surface area contributed by atoms with Gasteiger partial charge >= 0.3 is 0 Å². The maximum atomic E-state index is 13.7. The molecule has 1 aliphatic heterocycles. The number of amides is 1. The van der Waals surface area contributed by atoms with E-state index in [9.17, 15) is 14.7 Å². The van der Waals surface area contributed by atoms with Crippen LogP contribution in [0.3, 0.4) is 0 Å². The number of rotatable bonds is 10. The van der Waals surface area contributed by atoms with E-state index in [1.54, 1.807) is 55.6 Å². The van der Waals surface area contributed by atoms with Crippen LogP contribution in [0.2, 0.25) is 0 Å². The van der Waals surface area contributed by atoms with Gasteiger partial charge in [0.2, 0.25) is 11.7 Å². The molecule has 3 aromatic rings. The Balaban J connectivity index is 1.76. The zero-order chi connectivity index (χ0) is 25.1. The van der Waals surface area contributed by atoms with E-state index >= 15 is 0 Å². The standard InChI is InChI=1S/C27H30N2O6/c1-5-28(6-2)14-15-29-23(17-10-12-19(33-3)13-11-17)22(25(31)27(29)32)24(30)21-16-18-8-7-9-20(34-4)26(18)35-21/h7-13,16,23,31H,5-6,14-15H2,1-4H3. The molecule has 2 aromatic carbocycles. The molecule has 1 aliphatic rings. The smallest absolute Gasteiger partial charge is 0.240 e. The van der Waals surface area contributed by atoms with Gasteiger partial charge in [-0.15, -0.1) is 0 Å². The normalized spacial score (nSPS) is 16.0. The minimum absolute atomic E-state index is 0.00428. The summed E-state index contributed by atoms with van der Waals surface area (Å²) in [6, 6.07) is 13.2. The van der Waals surface area contributed by atoms with Crippen molar-refractivity contribution in [2.24, 2.45) is 0 Å². The Morgan fingerprint density at radius 3 is 2.43 bits per heavy atom. The van der Waals surface area contributed by atoms with Crippen LogP contribution < -0.4 is 19.5 Å². The van der Waals surface area contributed by atoms with E-state index in [0.29, 0.717) is 41.1 Å². The van der Waals surface area contributed by atoms with Gasteiger partial charge in [-0.2, -0.15) is 0 Å². The third kappa shape index (κ3) is 4.49. The van der Waals surface area contributed by atoms with Crippen LogP contribution >= 0.6 is 0 Å². The number of fused-ring (bicyclic) bond motifs is 1. The van der Waals surface area contributed by atoms with Crippen molar-refractivity contribution in [2.45, 2.75) is 19.9 Å². The van der Waals surface area contributed by atoms with Crippen molar-refractivity contribution in [3.8, 4) is 11.5 Å². The predicted octanol–water partition coefficient (Wildman–Crippen LogP) is 1.76.